The third-order valence-electron chi connectivity index (χ3n) is 5.06. The number of hydrogen-bond acceptors (Lipinski definition) is 4. The molecule has 24 heavy (non-hydrogen) atoms. The Kier molecular flexibility index (Phi) is 5.37. The average molecular weight is 333 g/mol. The Morgan fingerprint density at radius 1 is 1.21 bits per heavy atom. The molecule has 2 heterocycles. The van der Waals surface area contributed by atoms with E-state index in [1.54, 1.807) is 19.2 Å². The van der Waals surface area contributed by atoms with Crippen molar-refractivity contribution in [2.45, 2.75) is 57.0 Å². The van der Waals surface area contributed by atoms with E-state index < -0.39 is 0 Å². The van der Waals surface area contributed by atoms with Gasteiger partial charge in [-0.1, -0.05) is 12.8 Å². The molecule has 1 atom stereocenters. The quantitative estimate of drug-likeness (QED) is 0.872. The number of carbonyl (C=O) groups is 1. The van der Waals surface area contributed by atoms with E-state index in [1.165, 1.54) is 17.5 Å². The molecule has 1 saturated heterocycles. The number of piperidine rings is 1. The number of hydrogen-bond donors (Lipinski definition) is 2. The first-order valence-electron chi connectivity index (χ1n) is 8.99. The van der Waals surface area contributed by atoms with Gasteiger partial charge in [-0.2, -0.15) is 5.10 Å². The highest BCUT2D eigenvalue weighted by Gasteiger charge is 2.25. The van der Waals surface area contributed by atoms with Crippen molar-refractivity contribution in [2.24, 2.45) is 7.05 Å². The molecular formula is C17H27N5O2. The van der Waals surface area contributed by atoms with E-state index in [2.05, 4.69) is 20.6 Å². The summed E-state index contributed by atoms with van der Waals surface area (Å²) in [6, 6.07) is 3.81. The molecule has 2 amide bonds. The predicted molar refractivity (Wildman–Crippen MR) is 93.3 cm³/mol. The molecule has 1 saturated carbocycles. The minimum absolute atomic E-state index is 0.0687. The average Bonchev–Trinajstić information content (AvgIpc) is 3.09. The molecule has 0 aromatic carbocycles. The number of nitrogens with one attached hydrogen (secondary N) is 2. The Bertz CT molecular complexity index is 624. The van der Waals surface area contributed by atoms with Crippen molar-refractivity contribution in [1.82, 2.24) is 20.4 Å². The SMILES string of the molecule is Cn1nc(N2CCCCC2CNC(=O)NC2CCCC2)ccc1=O. The van der Waals surface area contributed by atoms with Crippen LogP contribution in [0.25, 0.3) is 0 Å². The topological polar surface area (TPSA) is 79.3 Å². The third-order valence-corrected chi connectivity index (χ3v) is 5.06. The summed E-state index contributed by atoms with van der Waals surface area (Å²) in [4.78, 5) is 25.8. The summed E-state index contributed by atoms with van der Waals surface area (Å²) >= 11 is 0. The monoisotopic (exact) mass is 333 g/mol. The fraction of sp³-hybridized carbons (Fsp3) is 0.706. The van der Waals surface area contributed by atoms with Crippen LogP contribution in [-0.4, -0.2) is 41.0 Å². The van der Waals surface area contributed by atoms with Crippen molar-refractivity contribution in [3.63, 3.8) is 0 Å². The van der Waals surface area contributed by atoms with E-state index in [1.807, 2.05) is 0 Å². The Morgan fingerprint density at radius 3 is 2.71 bits per heavy atom. The molecular weight excluding hydrogens is 306 g/mol. The molecule has 2 N–H and O–H groups in total. The van der Waals surface area contributed by atoms with Gasteiger partial charge in [-0.05, 0) is 38.2 Å². The van der Waals surface area contributed by atoms with Crippen molar-refractivity contribution in [1.29, 1.82) is 0 Å². The van der Waals surface area contributed by atoms with Crippen LogP contribution in [0, 0.1) is 0 Å². The number of aryl methyl sites for hydroxylation is 1. The van der Waals surface area contributed by atoms with Crippen LogP contribution < -0.4 is 21.1 Å². The minimum atomic E-state index is -0.110. The Balaban J connectivity index is 1.58. The molecule has 1 aromatic heterocycles. The summed E-state index contributed by atoms with van der Waals surface area (Å²) in [5.41, 5.74) is -0.110. The Labute approximate surface area is 142 Å². The van der Waals surface area contributed by atoms with Gasteiger partial charge in [0.1, 0.15) is 5.82 Å². The first-order valence-corrected chi connectivity index (χ1v) is 8.99. The van der Waals surface area contributed by atoms with E-state index in [9.17, 15) is 9.59 Å². The zero-order valence-corrected chi connectivity index (χ0v) is 14.3. The second-order valence-corrected chi connectivity index (χ2v) is 6.83. The standard InChI is InChI=1S/C17H27N5O2/c1-21-16(23)10-9-15(20-21)22-11-5-4-8-14(22)12-18-17(24)19-13-6-2-3-7-13/h9-10,13-14H,2-8,11-12H2,1H3,(H2,18,19,24). The van der Waals surface area contributed by atoms with Gasteiger partial charge in [0.05, 0.1) is 0 Å². The Morgan fingerprint density at radius 2 is 1.96 bits per heavy atom. The molecule has 1 aliphatic carbocycles. The Hall–Kier alpha value is -2.05. The number of carbonyl (C=O) groups excluding carboxylic acids is 1. The lowest BCUT2D eigenvalue weighted by Crippen LogP contribution is -2.50. The van der Waals surface area contributed by atoms with E-state index >= 15 is 0 Å². The first-order chi connectivity index (χ1) is 11.6. The minimum Gasteiger partial charge on any atom is -0.350 e. The number of nitrogens with zero attached hydrogens (tertiary/aromatic N) is 3. The van der Waals surface area contributed by atoms with Crippen LogP contribution in [0.2, 0.25) is 0 Å². The molecule has 7 heteroatoms. The van der Waals surface area contributed by atoms with Gasteiger partial charge in [0.15, 0.2) is 0 Å². The summed E-state index contributed by atoms with van der Waals surface area (Å²) in [5.74, 6) is 0.805. The molecule has 1 aromatic rings. The first kappa shape index (κ1) is 16.8. The maximum atomic E-state index is 12.1. The van der Waals surface area contributed by atoms with Crippen molar-refractivity contribution in [3.8, 4) is 0 Å². The van der Waals surface area contributed by atoms with Crippen LogP contribution in [-0.2, 0) is 7.05 Å². The van der Waals surface area contributed by atoms with E-state index in [4.69, 9.17) is 0 Å². The van der Waals surface area contributed by atoms with Crippen LogP contribution in [0.15, 0.2) is 16.9 Å². The molecule has 1 unspecified atom stereocenters. The van der Waals surface area contributed by atoms with Crippen molar-refractivity contribution >= 4 is 11.8 Å². The fourth-order valence-electron chi connectivity index (χ4n) is 3.67. The molecule has 1 aliphatic heterocycles. The zero-order chi connectivity index (χ0) is 16.9. The summed E-state index contributed by atoms with van der Waals surface area (Å²) < 4.78 is 1.36. The van der Waals surface area contributed by atoms with Gasteiger partial charge in [-0.25, -0.2) is 9.48 Å². The molecule has 2 fully saturated rings. The van der Waals surface area contributed by atoms with Crippen LogP contribution in [0.3, 0.4) is 0 Å². The number of rotatable bonds is 4. The number of amides is 2. The van der Waals surface area contributed by atoms with Crippen LogP contribution >= 0.6 is 0 Å². The smallest absolute Gasteiger partial charge is 0.315 e. The van der Waals surface area contributed by atoms with E-state index in [-0.39, 0.29) is 17.6 Å². The van der Waals surface area contributed by atoms with Crippen molar-refractivity contribution in [2.75, 3.05) is 18.0 Å². The lowest BCUT2D eigenvalue weighted by atomic mass is 10.0. The molecule has 0 spiro atoms. The highest BCUT2D eigenvalue weighted by atomic mass is 16.2. The van der Waals surface area contributed by atoms with Crippen molar-refractivity contribution in [3.05, 3.63) is 22.5 Å². The summed E-state index contributed by atoms with van der Waals surface area (Å²) in [6.07, 6.45) is 7.87. The lowest BCUT2D eigenvalue weighted by Gasteiger charge is -2.36. The summed E-state index contributed by atoms with van der Waals surface area (Å²) in [5, 5.41) is 10.4. The van der Waals surface area contributed by atoms with E-state index in [0.29, 0.717) is 12.6 Å². The third kappa shape index (κ3) is 4.07. The largest absolute Gasteiger partial charge is 0.350 e. The van der Waals surface area contributed by atoms with Gasteiger partial charge in [0, 0.05) is 38.3 Å². The number of aromatic nitrogens is 2. The molecule has 0 bridgehead atoms. The summed E-state index contributed by atoms with van der Waals surface area (Å²) in [7, 11) is 1.66. The number of anilines is 1. The highest BCUT2D eigenvalue weighted by molar-refractivity contribution is 5.74. The van der Waals surface area contributed by atoms with Gasteiger partial charge in [0.2, 0.25) is 0 Å². The molecule has 7 nitrogen and oxygen atoms in total. The normalized spacial score (nSPS) is 21.7. The van der Waals surface area contributed by atoms with Gasteiger partial charge in [-0.15, -0.1) is 0 Å². The van der Waals surface area contributed by atoms with Gasteiger partial charge in [-0.3, -0.25) is 4.79 Å². The lowest BCUT2D eigenvalue weighted by molar-refractivity contribution is 0.235. The van der Waals surface area contributed by atoms with Gasteiger partial charge >= 0.3 is 6.03 Å². The maximum Gasteiger partial charge on any atom is 0.315 e. The molecule has 2 aliphatic rings. The van der Waals surface area contributed by atoms with Gasteiger partial charge in [0.25, 0.3) is 5.56 Å². The van der Waals surface area contributed by atoms with E-state index in [0.717, 1.165) is 44.5 Å². The molecule has 132 valence electrons. The van der Waals surface area contributed by atoms with Crippen molar-refractivity contribution < 1.29 is 4.79 Å². The highest BCUT2D eigenvalue weighted by Crippen LogP contribution is 2.22. The summed E-state index contributed by atoms with van der Waals surface area (Å²) in [6.45, 7) is 1.50. The number of urea groups is 1. The molecule has 0 radical (unpaired) electrons. The fourth-order valence-corrected chi connectivity index (χ4v) is 3.67. The second kappa shape index (κ2) is 7.68. The van der Waals surface area contributed by atoms with Crippen LogP contribution in [0.5, 0.6) is 0 Å². The predicted octanol–water partition coefficient (Wildman–Crippen LogP) is 1.38. The zero-order valence-electron chi connectivity index (χ0n) is 14.3. The van der Waals surface area contributed by atoms with Crippen LogP contribution in [0.1, 0.15) is 44.9 Å². The van der Waals surface area contributed by atoms with Gasteiger partial charge < -0.3 is 15.5 Å². The molecule has 3 rings (SSSR count). The maximum absolute atomic E-state index is 12.1. The van der Waals surface area contributed by atoms with Crippen LogP contribution in [0.4, 0.5) is 10.6 Å². The second-order valence-electron chi connectivity index (χ2n) is 6.83.